The smallest absolute Gasteiger partial charge is 0.296 e. The molecule has 3 heterocycles. The molecule has 0 atom stereocenters. The fourth-order valence-corrected chi connectivity index (χ4v) is 6.33. The predicted octanol–water partition coefficient (Wildman–Crippen LogP) is 4.03. The van der Waals surface area contributed by atoms with Crippen LogP contribution < -0.4 is 11.1 Å². The van der Waals surface area contributed by atoms with Crippen LogP contribution in [-0.4, -0.2) is 36.6 Å². The Kier molecular flexibility index (Phi) is 5.91. The summed E-state index contributed by atoms with van der Waals surface area (Å²) in [5.74, 6) is 5.75. The number of anilines is 1. The van der Waals surface area contributed by atoms with Gasteiger partial charge < -0.3 is 11.1 Å². The first-order valence-corrected chi connectivity index (χ1v) is 12.9. The van der Waals surface area contributed by atoms with Gasteiger partial charge in [-0.1, -0.05) is 30.2 Å². The van der Waals surface area contributed by atoms with Gasteiger partial charge in [0.25, 0.3) is 5.91 Å². The van der Waals surface area contributed by atoms with Crippen LogP contribution >= 0.6 is 0 Å². The van der Waals surface area contributed by atoms with Gasteiger partial charge in [-0.25, -0.2) is 14.4 Å². The normalized spacial score (nSPS) is 21.5. The van der Waals surface area contributed by atoms with Crippen molar-refractivity contribution in [3.8, 4) is 23.1 Å². The maximum Gasteiger partial charge on any atom is 0.296 e. The molecule has 4 aromatic rings. The number of amides is 1. The topological polar surface area (TPSA) is 115 Å². The molecular formula is C30H27FN6O2. The summed E-state index contributed by atoms with van der Waals surface area (Å²) in [5, 5.41) is 3.17. The van der Waals surface area contributed by atoms with Gasteiger partial charge in [0.15, 0.2) is 5.78 Å². The molecule has 0 aliphatic heterocycles. The van der Waals surface area contributed by atoms with Gasteiger partial charge in [0.2, 0.25) is 0 Å². The largest absolute Gasteiger partial charge is 0.382 e. The summed E-state index contributed by atoms with van der Waals surface area (Å²) in [4.78, 5) is 38.6. The lowest BCUT2D eigenvalue weighted by molar-refractivity contribution is -0.117. The van der Waals surface area contributed by atoms with Crippen molar-refractivity contribution < 1.29 is 14.0 Å². The molecular weight excluding hydrogens is 495 g/mol. The Balaban J connectivity index is 1.33. The number of halogens is 1. The predicted molar refractivity (Wildman–Crippen MR) is 144 cm³/mol. The van der Waals surface area contributed by atoms with Crippen molar-refractivity contribution in [2.75, 3.05) is 5.73 Å². The molecule has 2 bridgehead atoms. The van der Waals surface area contributed by atoms with Crippen LogP contribution in [0, 0.1) is 17.7 Å². The van der Waals surface area contributed by atoms with E-state index in [-0.39, 0.29) is 29.1 Å². The molecule has 2 aliphatic rings. The van der Waals surface area contributed by atoms with Crippen molar-refractivity contribution in [2.45, 2.75) is 56.4 Å². The van der Waals surface area contributed by atoms with Crippen LogP contribution in [0.3, 0.4) is 0 Å². The van der Waals surface area contributed by atoms with Gasteiger partial charge in [-0.15, -0.1) is 0 Å². The number of rotatable bonds is 6. The molecule has 6 rings (SSSR count). The molecule has 1 aromatic carbocycles. The van der Waals surface area contributed by atoms with E-state index in [1.54, 1.807) is 25.3 Å². The number of nitrogens with two attached hydrogens (primary N) is 1. The molecule has 2 fully saturated rings. The first-order chi connectivity index (χ1) is 18.8. The van der Waals surface area contributed by atoms with E-state index in [4.69, 9.17) is 10.7 Å². The first-order valence-electron chi connectivity index (χ1n) is 12.9. The minimum Gasteiger partial charge on any atom is -0.382 e. The number of fused-ring (bicyclic) bond motifs is 3. The second-order valence-electron chi connectivity index (χ2n) is 10.5. The summed E-state index contributed by atoms with van der Waals surface area (Å²) in [6, 6.07) is 9.70. The second-order valence-corrected chi connectivity index (χ2v) is 10.5. The van der Waals surface area contributed by atoms with Crippen LogP contribution in [0.25, 0.3) is 16.8 Å². The van der Waals surface area contributed by atoms with Crippen LogP contribution in [0.15, 0.2) is 55.0 Å². The third-order valence-electron chi connectivity index (χ3n) is 8.12. The Morgan fingerprint density at radius 1 is 1.10 bits per heavy atom. The highest BCUT2D eigenvalue weighted by Gasteiger charge is 2.57. The van der Waals surface area contributed by atoms with E-state index in [0.717, 1.165) is 49.0 Å². The summed E-state index contributed by atoms with van der Waals surface area (Å²) in [5.41, 5.74) is 9.00. The fraction of sp³-hybridized carbons (Fsp3) is 0.300. The van der Waals surface area contributed by atoms with Gasteiger partial charge in [0.05, 0.1) is 12.1 Å². The number of nitrogens with one attached hydrogen (secondary N) is 1. The molecule has 9 heteroatoms. The van der Waals surface area contributed by atoms with E-state index in [1.165, 1.54) is 18.3 Å². The van der Waals surface area contributed by atoms with E-state index >= 15 is 0 Å². The van der Waals surface area contributed by atoms with Gasteiger partial charge >= 0.3 is 0 Å². The van der Waals surface area contributed by atoms with Crippen LogP contribution in [0.5, 0.6) is 0 Å². The van der Waals surface area contributed by atoms with E-state index in [0.29, 0.717) is 22.8 Å². The van der Waals surface area contributed by atoms with E-state index in [2.05, 4.69) is 27.1 Å². The molecule has 8 nitrogen and oxygen atoms in total. The zero-order valence-electron chi connectivity index (χ0n) is 21.5. The van der Waals surface area contributed by atoms with Crippen LogP contribution in [0.1, 0.15) is 60.9 Å². The minimum absolute atomic E-state index is 0.0101. The lowest BCUT2D eigenvalue weighted by Gasteiger charge is -2.27. The highest BCUT2D eigenvalue weighted by molar-refractivity contribution is 5.98. The quantitative estimate of drug-likeness (QED) is 0.292. The number of imidazole rings is 1. The van der Waals surface area contributed by atoms with Crippen LogP contribution in [0.2, 0.25) is 0 Å². The third-order valence-corrected chi connectivity index (χ3v) is 8.12. The molecule has 2 aliphatic carbocycles. The molecule has 3 N–H and O–H groups in total. The number of nitrogens with zero attached hydrogens (tertiary/aromatic N) is 4. The number of carbonyl (C=O) groups is 2. The van der Waals surface area contributed by atoms with Crippen molar-refractivity contribution in [1.82, 2.24) is 24.7 Å². The zero-order valence-corrected chi connectivity index (χ0v) is 21.5. The van der Waals surface area contributed by atoms with Crippen molar-refractivity contribution in [3.63, 3.8) is 0 Å². The molecule has 3 aromatic heterocycles. The Morgan fingerprint density at radius 2 is 1.87 bits per heavy atom. The van der Waals surface area contributed by atoms with E-state index in [9.17, 15) is 14.0 Å². The summed E-state index contributed by atoms with van der Waals surface area (Å²) in [6.45, 7) is 1.66. The minimum atomic E-state index is -0.421. The summed E-state index contributed by atoms with van der Waals surface area (Å²) in [7, 11) is 0. The molecule has 39 heavy (non-hydrogen) atoms. The number of pyridine rings is 1. The van der Waals surface area contributed by atoms with Crippen LogP contribution in [-0.2, 0) is 16.6 Å². The van der Waals surface area contributed by atoms with Gasteiger partial charge in [0.1, 0.15) is 28.7 Å². The van der Waals surface area contributed by atoms with Gasteiger partial charge in [-0.2, -0.15) is 0 Å². The maximum absolute atomic E-state index is 13.5. The summed E-state index contributed by atoms with van der Waals surface area (Å²) in [6.07, 6.45) is 9.24. The summed E-state index contributed by atoms with van der Waals surface area (Å²) >= 11 is 0. The number of nitrogen functional groups attached to an aromatic ring is 1. The number of Topliss-reactive ketones (excluding diaryl/α,β-unsaturated/α-hetero) is 1. The molecule has 0 radical (unpaired) electrons. The lowest BCUT2D eigenvalue weighted by atomic mass is 9.83. The number of ketones is 1. The third kappa shape index (κ3) is 4.32. The molecule has 0 saturated heterocycles. The highest BCUT2D eigenvalue weighted by Crippen LogP contribution is 2.57. The van der Waals surface area contributed by atoms with Gasteiger partial charge in [0, 0.05) is 40.7 Å². The Labute approximate surface area is 224 Å². The van der Waals surface area contributed by atoms with Crippen molar-refractivity contribution in [3.05, 3.63) is 77.9 Å². The number of hydrogen-bond donors (Lipinski definition) is 2. The molecule has 0 spiro atoms. The maximum atomic E-state index is 13.5. The average Bonchev–Trinajstić information content (AvgIpc) is 3.60. The van der Waals surface area contributed by atoms with Gasteiger partial charge in [-0.05, 0) is 57.1 Å². The van der Waals surface area contributed by atoms with Crippen molar-refractivity contribution >= 4 is 23.0 Å². The van der Waals surface area contributed by atoms with Crippen molar-refractivity contribution in [2.24, 2.45) is 0 Å². The first kappa shape index (κ1) is 24.7. The van der Waals surface area contributed by atoms with E-state index in [1.807, 2.05) is 22.7 Å². The summed E-state index contributed by atoms with van der Waals surface area (Å²) < 4.78 is 15.5. The highest BCUT2D eigenvalue weighted by atomic mass is 19.1. The molecule has 196 valence electrons. The fourth-order valence-electron chi connectivity index (χ4n) is 6.33. The zero-order chi connectivity index (χ0) is 27.2. The molecule has 0 unspecified atom stereocenters. The number of hydrogen-bond acceptors (Lipinski definition) is 6. The standard InChI is InChI=1S/C30H27FN6O2/c1-2-3-24(39)36-30-11-9-29(18-30,10-12-30)28-35-25(26-27(32)34-14-15-37(26)28)20-6-4-19(5-7-20)23(38)17-22-16-21(31)8-13-33-22/h4-8,13-16H,9-12,17-18H2,1H3,(H2,32,34)(H,36,39). The van der Waals surface area contributed by atoms with Crippen LogP contribution in [0.4, 0.5) is 10.2 Å². The number of carbonyl (C=O) groups excluding carboxylic acids is 2. The number of benzene rings is 1. The Bertz CT molecular complexity index is 1670. The lowest BCUT2D eigenvalue weighted by Crippen LogP contribution is -2.44. The molecule has 2 saturated carbocycles. The Morgan fingerprint density at radius 3 is 2.59 bits per heavy atom. The van der Waals surface area contributed by atoms with Crippen molar-refractivity contribution in [1.29, 1.82) is 0 Å². The van der Waals surface area contributed by atoms with Gasteiger partial charge in [-0.3, -0.25) is 19.0 Å². The SMILES string of the molecule is CC#CC(=O)NC12CCC(c3nc(-c4ccc(C(=O)Cc5cc(F)ccn5)cc4)c4c(N)nccn34)(CC1)C2. The average molecular weight is 523 g/mol. The van der Waals surface area contributed by atoms with E-state index < -0.39 is 5.82 Å². The number of aromatic nitrogens is 4. The molecule has 1 amide bonds. The monoisotopic (exact) mass is 522 g/mol. The Hall–Kier alpha value is -4.58. The second kappa shape index (κ2) is 9.31.